The Hall–Kier alpha value is -3.40. The number of anilines is 1. The number of carbonyl (C=O) groups excluding carboxylic acids is 2. The maximum atomic E-state index is 13.8. The molecule has 0 aliphatic carbocycles. The highest BCUT2D eigenvalue weighted by Crippen LogP contribution is 2.37. The first kappa shape index (κ1) is 20.9. The van der Waals surface area contributed by atoms with Gasteiger partial charge in [-0.05, 0) is 42.0 Å². The fraction of sp³-hybridized carbons (Fsp3) is 0.259. The maximum absolute atomic E-state index is 13.8. The topological polar surface area (TPSA) is 49.4 Å². The smallest absolute Gasteiger partial charge is 0.235 e. The Morgan fingerprint density at radius 3 is 2.06 bits per heavy atom. The lowest BCUT2D eigenvalue weighted by Gasteiger charge is -2.41. The quantitative estimate of drug-likeness (QED) is 0.655. The molecule has 0 bridgehead atoms. The molecule has 4 nitrogen and oxygen atoms in total. The van der Waals surface area contributed by atoms with E-state index in [4.69, 9.17) is 0 Å². The van der Waals surface area contributed by atoms with Gasteiger partial charge in [-0.25, -0.2) is 0 Å². The molecule has 3 aromatic carbocycles. The number of piperidine rings is 1. The predicted octanol–water partition coefficient (Wildman–Crippen LogP) is 4.80. The lowest BCUT2D eigenvalue weighted by atomic mass is 9.72. The molecule has 2 amide bonds. The average molecular weight is 413 g/mol. The lowest BCUT2D eigenvalue weighted by molar-refractivity contribution is -0.133. The summed E-state index contributed by atoms with van der Waals surface area (Å²) in [5.74, 6) is 0.0673. The molecular weight excluding hydrogens is 384 g/mol. The molecule has 1 saturated heterocycles. The van der Waals surface area contributed by atoms with Crippen molar-refractivity contribution in [3.63, 3.8) is 0 Å². The van der Waals surface area contributed by atoms with E-state index < -0.39 is 5.41 Å². The molecular formula is C27H28N2O2. The van der Waals surface area contributed by atoms with E-state index in [9.17, 15) is 9.59 Å². The number of para-hydroxylation sites is 1. The molecule has 1 fully saturated rings. The molecule has 1 heterocycles. The summed E-state index contributed by atoms with van der Waals surface area (Å²) < 4.78 is 0. The van der Waals surface area contributed by atoms with Gasteiger partial charge in [-0.2, -0.15) is 0 Å². The van der Waals surface area contributed by atoms with Crippen molar-refractivity contribution in [2.75, 3.05) is 18.4 Å². The Labute approximate surface area is 183 Å². The predicted molar refractivity (Wildman–Crippen MR) is 124 cm³/mol. The SMILES string of the molecule is CC(=O)N1CCC(C(=O)Nc2ccccc2Cc2ccccc2)(c2ccccc2)CC1. The number of amides is 2. The standard InChI is InChI=1S/C27H28N2O2/c1-21(30)29-18-16-27(17-19-29,24-13-6-3-7-14-24)26(31)28-25-15-9-8-12-23(25)20-22-10-4-2-5-11-22/h2-15H,16-20H2,1H3,(H,28,31). The van der Waals surface area contributed by atoms with Gasteiger partial charge in [0.05, 0.1) is 5.41 Å². The number of rotatable bonds is 5. The summed E-state index contributed by atoms with van der Waals surface area (Å²) in [6.07, 6.45) is 1.99. The number of nitrogens with zero attached hydrogens (tertiary/aromatic N) is 1. The van der Waals surface area contributed by atoms with Crippen LogP contribution < -0.4 is 5.32 Å². The first-order valence-corrected chi connectivity index (χ1v) is 10.8. The number of carbonyl (C=O) groups is 2. The van der Waals surface area contributed by atoms with Crippen LogP contribution >= 0.6 is 0 Å². The van der Waals surface area contributed by atoms with Gasteiger partial charge in [-0.1, -0.05) is 78.9 Å². The van der Waals surface area contributed by atoms with E-state index in [0.717, 1.165) is 23.2 Å². The van der Waals surface area contributed by atoms with Crippen LogP contribution in [-0.2, 0) is 21.4 Å². The van der Waals surface area contributed by atoms with Crippen molar-refractivity contribution in [3.8, 4) is 0 Å². The van der Waals surface area contributed by atoms with Crippen LogP contribution in [0.25, 0.3) is 0 Å². The number of hydrogen-bond donors (Lipinski definition) is 1. The molecule has 31 heavy (non-hydrogen) atoms. The minimum absolute atomic E-state index is 0.00223. The van der Waals surface area contributed by atoms with E-state index in [0.29, 0.717) is 25.9 Å². The van der Waals surface area contributed by atoms with E-state index in [-0.39, 0.29) is 11.8 Å². The van der Waals surface area contributed by atoms with Crippen LogP contribution in [0.4, 0.5) is 5.69 Å². The van der Waals surface area contributed by atoms with Crippen molar-refractivity contribution in [3.05, 3.63) is 102 Å². The lowest BCUT2D eigenvalue weighted by Crippen LogP contribution is -2.50. The summed E-state index contributed by atoms with van der Waals surface area (Å²) >= 11 is 0. The van der Waals surface area contributed by atoms with Crippen molar-refractivity contribution in [2.24, 2.45) is 0 Å². The van der Waals surface area contributed by atoms with Crippen LogP contribution in [-0.4, -0.2) is 29.8 Å². The Morgan fingerprint density at radius 2 is 1.42 bits per heavy atom. The van der Waals surface area contributed by atoms with E-state index in [2.05, 4.69) is 23.5 Å². The van der Waals surface area contributed by atoms with Crippen LogP contribution in [0.2, 0.25) is 0 Å². The number of hydrogen-bond acceptors (Lipinski definition) is 2. The molecule has 0 saturated carbocycles. The van der Waals surface area contributed by atoms with Gasteiger partial charge in [0.25, 0.3) is 0 Å². The largest absolute Gasteiger partial charge is 0.343 e. The summed E-state index contributed by atoms with van der Waals surface area (Å²) in [7, 11) is 0. The molecule has 1 N–H and O–H groups in total. The Morgan fingerprint density at radius 1 is 0.839 bits per heavy atom. The van der Waals surface area contributed by atoms with Crippen molar-refractivity contribution in [2.45, 2.75) is 31.6 Å². The minimum Gasteiger partial charge on any atom is -0.343 e. The molecule has 0 atom stereocenters. The van der Waals surface area contributed by atoms with Crippen molar-refractivity contribution in [1.29, 1.82) is 0 Å². The molecule has 0 spiro atoms. The third kappa shape index (κ3) is 4.53. The van der Waals surface area contributed by atoms with E-state index in [1.807, 2.05) is 71.6 Å². The highest BCUT2D eigenvalue weighted by molar-refractivity contribution is 6.00. The second kappa shape index (κ2) is 9.17. The first-order valence-electron chi connectivity index (χ1n) is 10.8. The molecule has 1 aliphatic rings. The Bertz CT molecular complexity index is 1040. The van der Waals surface area contributed by atoms with Gasteiger partial charge in [0, 0.05) is 25.7 Å². The van der Waals surface area contributed by atoms with Crippen LogP contribution in [0, 0.1) is 0 Å². The van der Waals surface area contributed by atoms with Crippen LogP contribution in [0.3, 0.4) is 0 Å². The fourth-order valence-electron chi connectivity index (χ4n) is 4.46. The van der Waals surface area contributed by atoms with Crippen LogP contribution in [0.1, 0.15) is 36.5 Å². The summed E-state index contributed by atoms with van der Waals surface area (Å²) in [4.78, 5) is 27.4. The van der Waals surface area contributed by atoms with Gasteiger partial charge in [0.2, 0.25) is 11.8 Å². The Kier molecular flexibility index (Phi) is 6.17. The summed E-state index contributed by atoms with van der Waals surface area (Å²) in [6.45, 7) is 2.77. The molecule has 0 aromatic heterocycles. The zero-order valence-electron chi connectivity index (χ0n) is 17.9. The van der Waals surface area contributed by atoms with Gasteiger partial charge in [-0.15, -0.1) is 0 Å². The number of benzene rings is 3. The van der Waals surface area contributed by atoms with Crippen molar-refractivity contribution >= 4 is 17.5 Å². The van der Waals surface area contributed by atoms with Gasteiger partial charge in [0.15, 0.2) is 0 Å². The average Bonchev–Trinajstić information content (AvgIpc) is 2.81. The molecule has 158 valence electrons. The van der Waals surface area contributed by atoms with Crippen molar-refractivity contribution < 1.29 is 9.59 Å². The van der Waals surface area contributed by atoms with Gasteiger partial charge < -0.3 is 10.2 Å². The number of likely N-dealkylation sites (tertiary alicyclic amines) is 1. The minimum atomic E-state index is -0.646. The molecule has 4 rings (SSSR count). The third-order valence-electron chi connectivity index (χ3n) is 6.33. The first-order chi connectivity index (χ1) is 15.1. The van der Waals surface area contributed by atoms with E-state index in [1.165, 1.54) is 5.56 Å². The summed E-state index contributed by atoms with van der Waals surface area (Å²) in [5.41, 5.74) is 3.51. The normalized spacial score (nSPS) is 15.3. The van der Waals surface area contributed by atoms with Crippen LogP contribution in [0.5, 0.6) is 0 Å². The summed E-state index contributed by atoms with van der Waals surface area (Å²) in [5, 5.41) is 3.24. The molecule has 4 heteroatoms. The third-order valence-corrected chi connectivity index (χ3v) is 6.33. The highest BCUT2D eigenvalue weighted by atomic mass is 16.2. The molecule has 0 radical (unpaired) electrons. The van der Waals surface area contributed by atoms with Gasteiger partial charge in [0.1, 0.15) is 0 Å². The molecule has 1 aliphatic heterocycles. The van der Waals surface area contributed by atoms with Crippen LogP contribution in [0.15, 0.2) is 84.9 Å². The second-order valence-electron chi connectivity index (χ2n) is 8.23. The maximum Gasteiger partial charge on any atom is 0.235 e. The molecule has 3 aromatic rings. The number of nitrogens with one attached hydrogen (secondary N) is 1. The highest BCUT2D eigenvalue weighted by Gasteiger charge is 2.43. The zero-order valence-corrected chi connectivity index (χ0v) is 17.9. The zero-order chi connectivity index (χ0) is 21.7. The van der Waals surface area contributed by atoms with E-state index in [1.54, 1.807) is 6.92 Å². The molecule has 0 unspecified atom stereocenters. The Balaban J connectivity index is 1.62. The summed E-state index contributed by atoms with van der Waals surface area (Å²) in [6, 6.07) is 28.2. The fourth-order valence-corrected chi connectivity index (χ4v) is 4.46. The van der Waals surface area contributed by atoms with Gasteiger partial charge in [-0.3, -0.25) is 9.59 Å². The van der Waals surface area contributed by atoms with Gasteiger partial charge >= 0.3 is 0 Å². The second-order valence-corrected chi connectivity index (χ2v) is 8.23. The van der Waals surface area contributed by atoms with E-state index >= 15 is 0 Å². The van der Waals surface area contributed by atoms with Crippen molar-refractivity contribution in [1.82, 2.24) is 4.90 Å². The monoisotopic (exact) mass is 412 g/mol.